The van der Waals surface area contributed by atoms with Gasteiger partial charge in [-0.1, -0.05) is 0 Å². The normalized spacial score (nSPS) is 38.4. The summed E-state index contributed by atoms with van der Waals surface area (Å²) in [6, 6.07) is 0.928. The van der Waals surface area contributed by atoms with E-state index in [-0.39, 0.29) is 0 Å². The topological polar surface area (TPSA) is 297 Å². The summed E-state index contributed by atoms with van der Waals surface area (Å²) < 4.78 is 48.1. The minimum absolute atomic E-state index is 0.723. The molecular weight excluding hydrogens is 542 g/mol. The number of aliphatic hydroxyl groups is 6. The van der Waals surface area contributed by atoms with Gasteiger partial charge in [-0.05, 0) is 0 Å². The first-order valence-electron chi connectivity index (χ1n) is 9.99. The van der Waals surface area contributed by atoms with Gasteiger partial charge < -0.3 is 49.9 Å². The van der Waals surface area contributed by atoms with E-state index in [9.17, 15) is 54.0 Å². The van der Waals surface area contributed by atoms with Crippen LogP contribution < -0.4 is 11.2 Å². The lowest BCUT2D eigenvalue weighted by atomic mass is 10.00. The van der Waals surface area contributed by atoms with Crippen LogP contribution in [-0.4, -0.2) is 112 Å². The van der Waals surface area contributed by atoms with Crippen molar-refractivity contribution < 1.29 is 72.4 Å². The summed E-state index contributed by atoms with van der Waals surface area (Å²) in [5.74, 6) is 0. The maximum absolute atomic E-state index is 12.2. The fourth-order valence-electron chi connectivity index (χ4n) is 3.35. The first-order valence-corrected chi connectivity index (χ1v) is 13.0. The lowest BCUT2D eigenvalue weighted by molar-refractivity contribution is -0.280. The molecule has 2 saturated heterocycles. The fraction of sp³-hybridized carbons (Fsp3) is 0.733. The van der Waals surface area contributed by atoms with Crippen molar-refractivity contribution in [3.8, 4) is 0 Å². The zero-order valence-corrected chi connectivity index (χ0v) is 19.6. The summed E-state index contributed by atoms with van der Waals surface area (Å²) in [4.78, 5) is 44.5. The fourth-order valence-corrected chi connectivity index (χ4v) is 5.51. The van der Waals surface area contributed by atoms with Crippen molar-refractivity contribution in [2.45, 2.75) is 55.2 Å². The van der Waals surface area contributed by atoms with Crippen LogP contribution in [0.5, 0.6) is 0 Å². The van der Waals surface area contributed by atoms with Crippen LogP contribution in [0.25, 0.3) is 0 Å². The minimum Gasteiger partial charge on any atom is -0.394 e. The number of aliphatic hydroxyl groups excluding tert-OH is 6. The molecule has 1 aromatic rings. The number of aromatic nitrogens is 2. The molecule has 0 saturated carbocycles. The van der Waals surface area contributed by atoms with E-state index in [0.29, 0.717) is 0 Å². The van der Waals surface area contributed by atoms with Gasteiger partial charge in [0.15, 0.2) is 12.5 Å². The standard InChI is InChI=1S/C15H24N2O17P2/c18-3-5-8(20)10(22)12(24)14(32-5)33-36(28,29)34-35(26,27)30-4-6-9(21)11(23)13(31-6)17-2-1-7(19)16-15(17)25/h1-2,5-6,8-14,18,20-24H,3-4H2,(H,26,27)(H,28,29)(H,16,19,25)/t5-,6-,8+,9-,10+,11-,12-,13+,14-/m1/s1. The van der Waals surface area contributed by atoms with Gasteiger partial charge in [0.2, 0.25) is 0 Å². The second-order valence-electron chi connectivity index (χ2n) is 7.68. The van der Waals surface area contributed by atoms with Crippen molar-refractivity contribution in [1.82, 2.24) is 9.55 Å². The monoisotopic (exact) mass is 566 g/mol. The average Bonchev–Trinajstić information content (AvgIpc) is 3.06. The Morgan fingerprint density at radius 1 is 0.917 bits per heavy atom. The molecule has 2 unspecified atom stereocenters. The first-order chi connectivity index (χ1) is 16.7. The van der Waals surface area contributed by atoms with Crippen molar-refractivity contribution in [2.24, 2.45) is 0 Å². The Morgan fingerprint density at radius 2 is 1.56 bits per heavy atom. The van der Waals surface area contributed by atoms with Gasteiger partial charge >= 0.3 is 21.3 Å². The summed E-state index contributed by atoms with van der Waals surface area (Å²) in [5, 5.41) is 58.6. The minimum atomic E-state index is -5.59. The molecule has 0 aromatic carbocycles. The molecule has 0 radical (unpaired) electrons. The molecule has 0 spiro atoms. The average molecular weight is 566 g/mol. The number of phosphoric acid groups is 2. The van der Waals surface area contributed by atoms with Gasteiger partial charge in [0.1, 0.15) is 42.7 Å². The first kappa shape index (κ1) is 29.2. The Morgan fingerprint density at radius 3 is 2.17 bits per heavy atom. The highest BCUT2D eigenvalue weighted by atomic mass is 31.3. The van der Waals surface area contributed by atoms with Crippen molar-refractivity contribution in [2.75, 3.05) is 13.2 Å². The lowest BCUT2D eigenvalue weighted by Crippen LogP contribution is -2.58. The third kappa shape index (κ3) is 6.54. The molecule has 0 aliphatic carbocycles. The van der Waals surface area contributed by atoms with E-state index in [0.717, 1.165) is 16.8 Å². The van der Waals surface area contributed by atoms with Crippen LogP contribution in [0.2, 0.25) is 0 Å². The van der Waals surface area contributed by atoms with Crippen molar-refractivity contribution >= 4 is 15.6 Å². The summed E-state index contributed by atoms with van der Waals surface area (Å²) in [6.07, 6.45) is -15.4. The van der Waals surface area contributed by atoms with Crippen LogP contribution in [-0.2, 0) is 32.0 Å². The number of hydrogen-bond acceptors (Lipinski definition) is 15. The molecule has 21 heteroatoms. The van der Waals surface area contributed by atoms with Crippen molar-refractivity contribution in [1.29, 1.82) is 0 Å². The molecule has 2 fully saturated rings. The summed E-state index contributed by atoms with van der Waals surface area (Å²) in [5.41, 5.74) is -1.75. The van der Waals surface area contributed by atoms with Crippen LogP contribution in [0.15, 0.2) is 21.9 Å². The molecule has 0 amide bonds. The maximum atomic E-state index is 12.2. The van der Waals surface area contributed by atoms with E-state index in [1.807, 2.05) is 4.98 Å². The number of rotatable bonds is 9. The van der Waals surface area contributed by atoms with E-state index in [1.165, 1.54) is 0 Å². The number of nitrogens with one attached hydrogen (secondary N) is 1. The van der Waals surface area contributed by atoms with Crippen molar-refractivity contribution in [3.63, 3.8) is 0 Å². The quantitative estimate of drug-likeness (QED) is 0.127. The summed E-state index contributed by atoms with van der Waals surface area (Å²) in [6.45, 7) is -1.93. The number of aromatic amines is 1. The van der Waals surface area contributed by atoms with Crippen LogP contribution in [0, 0.1) is 0 Å². The molecule has 2 aliphatic rings. The van der Waals surface area contributed by atoms with Crippen molar-refractivity contribution in [3.05, 3.63) is 33.1 Å². The zero-order chi connectivity index (χ0) is 27.0. The van der Waals surface area contributed by atoms with Crippen LogP contribution >= 0.6 is 15.6 Å². The van der Waals surface area contributed by atoms with Gasteiger partial charge in [-0.25, -0.2) is 13.9 Å². The Labute approximate surface area is 199 Å². The maximum Gasteiger partial charge on any atom is 0.483 e. The molecule has 3 heterocycles. The Bertz CT molecular complexity index is 1120. The summed E-state index contributed by atoms with van der Waals surface area (Å²) >= 11 is 0. The molecule has 36 heavy (non-hydrogen) atoms. The third-order valence-electron chi connectivity index (χ3n) is 5.16. The largest absolute Gasteiger partial charge is 0.483 e. The SMILES string of the molecule is O=c1ccn([C@H]2O[C@H](COP(=O)(O)OP(=O)(O)O[C@H]3O[C@H](CO)[C@H](O)[C@H](O)[C@H]3O)[C@@H](O)[C@H]2O)c(=O)[nH]1. The van der Waals surface area contributed by atoms with Crippen LogP contribution in [0.1, 0.15) is 6.23 Å². The molecule has 9 N–H and O–H groups in total. The van der Waals surface area contributed by atoms with Gasteiger partial charge in [0.05, 0.1) is 13.2 Å². The van der Waals surface area contributed by atoms with Gasteiger partial charge in [-0.15, -0.1) is 0 Å². The molecule has 3 rings (SSSR count). The second-order valence-corrected chi connectivity index (χ2v) is 10.7. The Balaban J connectivity index is 1.61. The number of hydrogen-bond donors (Lipinski definition) is 9. The zero-order valence-electron chi connectivity index (χ0n) is 17.9. The molecule has 2 aliphatic heterocycles. The van der Waals surface area contributed by atoms with Crippen LogP contribution in [0.3, 0.4) is 0 Å². The van der Waals surface area contributed by atoms with E-state index >= 15 is 0 Å². The Hall–Kier alpha value is -1.38. The molecule has 206 valence electrons. The molecule has 0 bridgehead atoms. The predicted molar refractivity (Wildman–Crippen MR) is 109 cm³/mol. The molecule has 11 atom stereocenters. The number of H-pyrrole nitrogens is 1. The number of nitrogens with zero attached hydrogens (tertiary/aromatic N) is 1. The molecular formula is C15H24N2O17P2. The second kappa shape index (κ2) is 11.2. The van der Waals surface area contributed by atoms with Gasteiger partial charge in [0, 0.05) is 12.3 Å². The molecule has 19 nitrogen and oxygen atoms in total. The highest BCUT2D eigenvalue weighted by Crippen LogP contribution is 2.61. The van der Waals surface area contributed by atoms with Gasteiger partial charge in [-0.3, -0.25) is 23.4 Å². The highest BCUT2D eigenvalue weighted by molar-refractivity contribution is 7.61. The number of phosphoric ester groups is 2. The lowest BCUT2D eigenvalue weighted by Gasteiger charge is -2.39. The highest BCUT2D eigenvalue weighted by Gasteiger charge is 2.49. The summed E-state index contributed by atoms with van der Waals surface area (Å²) in [7, 11) is -11.1. The van der Waals surface area contributed by atoms with E-state index < -0.39 is 95.4 Å². The molecule has 1 aromatic heterocycles. The van der Waals surface area contributed by atoms with E-state index in [4.69, 9.17) is 14.6 Å². The third-order valence-corrected chi connectivity index (χ3v) is 7.76. The van der Waals surface area contributed by atoms with Gasteiger partial charge in [-0.2, -0.15) is 4.31 Å². The van der Waals surface area contributed by atoms with Crippen LogP contribution in [0.4, 0.5) is 0 Å². The van der Waals surface area contributed by atoms with E-state index in [1.54, 1.807) is 0 Å². The predicted octanol–water partition coefficient (Wildman–Crippen LogP) is -4.79. The smallest absolute Gasteiger partial charge is 0.394 e. The van der Waals surface area contributed by atoms with E-state index in [2.05, 4.69) is 13.4 Å². The Kier molecular flexibility index (Phi) is 9.05. The number of ether oxygens (including phenoxy) is 2. The van der Waals surface area contributed by atoms with Gasteiger partial charge in [0.25, 0.3) is 5.56 Å².